The topological polar surface area (TPSA) is 55.6 Å². The Morgan fingerprint density at radius 3 is 2.95 bits per heavy atom. The molecule has 2 heterocycles. The summed E-state index contributed by atoms with van der Waals surface area (Å²) in [7, 11) is 0. The molecular formula is C14H18N2O2S. The standard InChI is InChI=1S/C14H18N2O2S/c15-11-3-1-4-12(9-11)16-7-6-14(18-13(16)17)5-2-8-19-10-14/h1,3-4,9H,2,5-8,10,15H2. The number of nitrogens with zero attached hydrogens (tertiary/aromatic N) is 1. The molecule has 1 aromatic rings. The molecule has 2 aliphatic rings. The number of rotatable bonds is 1. The summed E-state index contributed by atoms with van der Waals surface area (Å²) in [6, 6.07) is 7.39. The maximum Gasteiger partial charge on any atom is 0.414 e. The zero-order valence-corrected chi connectivity index (χ0v) is 11.6. The van der Waals surface area contributed by atoms with Gasteiger partial charge in [0.15, 0.2) is 0 Å². The maximum atomic E-state index is 12.2. The highest BCUT2D eigenvalue weighted by molar-refractivity contribution is 7.99. The average Bonchev–Trinajstić information content (AvgIpc) is 2.39. The van der Waals surface area contributed by atoms with E-state index >= 15 is 0 Å². The van der Waals surface area contributed by atoms with Crippen molar-refractivity contribution in [2.45, 2.75) is 24.9 Å². The van der Waals surface area contributed by atoms with Crippen LogP contribution in [0.25, 0.3) is 0 Å². The van der Waals surface area contributed by atoms with Gasteiger partial charge in [0.1, 0.15) is 5.60 Å². The minimum absolute atomic E-state index is 0.225. The highest BCUT2D eigenvalue weighted by atomic mass is 32.2. The molecule has 1 unspecified atom stereocenters. The van der Waals surface area contributed by atoms with Gasteiger partial charge in [0.05, 0.1) is 0 Å². The first-order valence-corrected chi connectivity index (χ1v) is 7.78. The van der Waals surface area contributed by atoms with Crippen LogP contribution in [0.3, 0.4) is 0 Å². The van der Waals surface area contributed by atoms with E-state index in [9.17, 15) is 4.79 Å². The zero-order valence-electron chi connectivity index (χ0n) is 10.8. The zero-order chi connectivity index (χ0) is 13.3. The van der Waals surface area contributed by atoms with E-state index in [2.05, 4.69) is 0 Å². The molecule has 0 aliphatic carbocycles. The summed E-state index contributed by atoms with van der Waals surface area (Å²) < 4.78 is 5.75. The Hall–Kier alpha value is -1.36. The van der Waals surface area contributed by atoms with Gasteiger partial charge in [-0.2, -0.15) is 11.8 Å². The summed E-state index contributed by atoms with van der Waals surface area (Å²) in [5, 5.41) is 0. The number of anilines is 2. The summed E-state index contributed by atoms with van der Waals surface area (Å²) >= 11 is 1.89. The van der Waals surface area contributed by atoms with Gasteiger partial charge in [0.2, 0.25) is 0 Å². The van der Waals surface area contributed by atoms with Crippen LogP contribution in [0.4, 0.5) is 16.2 Å². The number of thioether (sulfide) groups is 1. The van der Waals surface area contributed by atoms with Gasteiger partial charge in [0, 0.05) is 30.1 Å². The number of nitrogens with two attached hydrogens (primary N) is 1. The van der Waals surface area contributed by atoms with Crippen LogP contribution in [0.15, 0.2) is 24.3 Å². The second-order valence-electron chi connectivity index (χ2n) is 5.20. The Morgan fingerprint density at radius 1 is 1.37 bits per heavy atom. The first kappa shape index (κ1) is 12.7. The molecule has 102 valence electrons. The van der Waals surface area contributed by atoms with Crippen LogP contribution in [0.2, 0.25) is 0 Å². The van der Waals surface area contributed by atoms with E-state index in [4.69, 9.17) is 10.5 Å². The molecule has 3 rings (SSSR count). The summed E-state index contributed by atoms with van der Waals surface area (Å²) in [5.74, 6) is 2.11. The van der Waals surface area contributed by atoms with E-state index in [0.29, 0.717) is 12.2 Å². The number of hydrogen-bond acceptors (Lipinski definition) is 4. The second-order valence-corrected chi connectivity index (χ2v) is 6.31. The van der Waals surface area contributed by atoms with Gasteiger partial charge in [-0.1, -0.05) is 6.07 Å². The van der Waals surface area contributed by atoms with Crippen molar-refractivity contribution >= 4 is 29.2 Å². The van der Waals surface area contributed by atoms with Gasteiger partial charge < -0.3 is 10.5 Å². The van der Waals surface area contributed by atoms with Crippen molar-refractivity contribution in [2.75, 3.05) is 28.7 Å². The van der Waals surface area contributed by atoms with Crippen LogP contribution in [0.1, 0.15) is 19.3 Å². The smallest absolute Gasteiger partial charge is 0.414 e. The largest absolute Gasteiger partial charge is 0.442 e. The molecule has 0 saturated carbocycles. The van der Waals surface area contributed by atoms with Crippen molar-refractivity contribution in [3.05, 3.63) is 24.3 Å². The fourth-order valence-electron chi connectivity index (χ4n) is 2.73. The number of hydrogen-bond donors (Lipinski definition) is 1. The fraction of sp³-hybridized carbons (Fsp3) is 0.500. The van der Waals surface area contributed by atoms with Gasteiger partial charge in [0.25, 0.3) is 0 Å². The van der Waals surface area contributed by atoms with Crippen LogP contribution in [-0.2, 0) is 4.74 Å². The van der Waals surface area contributed by atoms with E-state index in [1.54, 1.807) is 4.90 Å². The van der Waals surface area contributed by atoms with E-state index in [-0.39, 0.29) is 11.7 Å². The molecule has 0 radical (unpaired) electrons. The van der Waals surface area contributed by atoms with Crippen molar-refractivity contribution in [2.24, 2.45) is 0 Å². The Balaban J connectivity index is 1.76. The molecule has 0 bridgehead atoms. The van der Waals surface area contributed by atoms with Crippen molar-refractivity contribution < 1.29 is 9.53 Å². The minimum atomic E-state index is -0.237. The lowest BCUT2D eigenvalue weighted by atomic mass is 9.94. The van der Waals surface area contributed by atoms with Crippen LogP contribution in [-0.4, -0.2) is 29.7 Å². The SMILES string of the molecule is Nc1cccc(N2CCC3(CCCSC3)OC2=O)c1. The average molecular weight is 278 g/mol. The number of carbonyl (C=O) groups is 1. The highest BCUT2D eigenvalue weighted by Crippen LogP contribution is 2.37. The molecule has 2 aliphatic heterocycles. The third-order valence-corrected chi connectivity index (χ3v) is 5.09. The summed E-state index contributed by atoms with van der Waals surface area (Å²) in [4.78, 5) is 13.9. The predicted octanol–water partition coefficient (Wildman–Crippen LogP) is 2.88. The Labute approximate surface area is 117 Å². The van der Waals surface area contributed by atoms with E-state index in [0.717, 1.165) is 30.7 Å². The molecule has 1 aromatic carbocycles. The lowest BCUT2D eigenvalue weighted by Gasteiger charge is -2.43. The predicted molar refractivity (Wildman–Crippen MR) is 78.6 cm³/mol. The Kier molecular flexibility index (Phi) is 3.31. The fourth-order valence-corrected chi connectivity index (χ4v) is 3.94. The molecule has 2 fully saturated rings. The van der Waals surface area contributed by atoms with E-state index in [1.165, 1.54) is 5.75 Å². The van der Waals surface area contributed by atoms with Gasteiger partial charge in [-0.15, -0.1) is 0 Å². The molecule has 5 heteroatoms. The van der Waals surface area contributed by atoms with Crippen molar-refractivity contribution in [3.8, 4) is 0 Å². The lowest BCUT2D eigenvalue weighted by molar-refractivity contribution is 0.00465. The Morgan fingerprint density at radius 2 is 2.26 bits per heavy atom. The van der Waals surface area contributed by atoms with Gasteiger partial charge >= 0.3 is 6.09 Å². The van der Waals surface area contributed by atoms with Gasteiger partial charge in [-0.3, -0.25) is 4.90 Å². The first-order chi connectivity index (χ1) is 9.19. The second kappa shape index (κ2) is 4.96. The summed E-state index contributed by atoms with van der Waals surface area (Å²) in [5.41, 5.74) is 7.03. The molecule has 1 amide bonds. The van der Waals surface area contributed by atoms with E-state index in [1.807, 2.05) is 36.0 Å². The number of carbonyl (C=O) groups excluding carboxylic acids is 1. The van der Waals surface area contributed by atoms with Crippen LogP contribution in [0, 0.1) is 0 Å². The third kappa shape index (κ3) is 2.52. The molecule has 2 N–H and O–H groups in total. The number of benzene rings is 1. The molecule has 4 nitrogen and oxygen atoms in total. The highest BCUT2D eigenvalue weighted by Gasteiger charge is 2.42. The van der Waals surface area contributed by atoms with Crippen molar-refractivity contribution in [3.63, 3.8) is 0 Å². The third-order valence-electron chi connectivity index (χ3n) is 3.78. The first-order valence-electron chi connectivity index (χ1n) is 6.62. The van der Waals surface area contributed by atoms with Crippen LogP contribution in [0.5, 0.6) is 0 Å². The van der Waals surface area contributed by atoms with Crippen molar-refractivity contribution in [1.29, 1.82) is 0 Å². The number of nitrogen functional groups attached to an aromatic ring is 1. The van der Waals surface area contributed by atoms with E-state index < -0.39 is 0 Å². The summed E-state index contributed by atoms with van der Waals surface area (Å²) in [6.07, 6.45) is 2.80. The van der Waals surface area contributed by atoms with Gasteiger partial charge in [-0.25, -0.2) is 4.79 Å². The quantitative estimate of drug-likeness (QED) is 0.803. The number of amides is 1. The molecule has 0 aromatic heterocycles. The summed E-state index contributed by atoms with van der Waals surface area (Å²) in [6.45, 7) is 0.711. The lowest BCUT2D eigenvalue weighted by Crippen LogP contribution is -2.52. The van der Waals surface area contributed by atoms with Crippen LogP contribution >= 0.6 is 11.8 Å². The normalized spacial score (nSPS) is 27.4. The molecule has 19 heavy (non-hydrogen) atoms. The van der Waals surface area contributed by atoms with Gasteiger partial charge in [-0.05, 0) is 36.8 Å². The molecule has 2 saturated heterocycles. The maximum absolute atomic E-state index is 12.2. The minimum Gasteiger partial charge on any atom is -0.442 e. The Bertz CT molecular complexity index is 486. The van der Waals surface area contributed by atoms with Crippen molar-refractivity contribution in [1.82, 2.24) is 0 Å². The molecular weight excluding hydrogens is 260 g/mol. The number of ether oxygens (including phenoxy) is 1. The van der Waals surface area contributed by atoms with Crippen LogP contribution < -0.4 is 10.6 Å². The molecule has 1 atom stereocenters. The monoisotopic (exact) mass is 278 g/mol. The molecule has 1 spiro atoms.